The molecule has 1 atom stereocenters. The average molecular weight is 459 g/mol. The molecule has 0 aliphatic heterocycles. The minimum Gasteiger partial charge on any atom is -1.00 e. The quantitative estimate of drug-likeness (QED) is 0.388. The van der Waals surface area contributed by atoms with Crippen molar-refractivity contribution < 1.29 is 71.4 Å². The molecule has 0 fully saturated rings. The maximum atomic E-state index is 2.37. The van der Waals surface area contributed by atoms with Crippen LogP contribution in [-0.2, 0) is 33.3 Å². The standard InChI is InChI=1S/C13H15.3BrH.Ti/c1-3-10-8-11(4-2)13-7-5-6-12(13)9-10;;;;/h5-9H,3-4H2,1-2H3;3*1H;/q;;;;+3/p-3. The molecule has 1 aromatic carbocycles. The van der Waals surface area contributed by atoms with E-state index in [2.05, 4.69) is 58.6 Å². The second kappa shape index (κ2) is 9.09. The molecule has 0 spiro atoms. The van der Waals surface area contributed by atoms with Crippen molar-refractivity contribution in [2.24, 2.45) is 0 Å². The van der Waals surface area contributed by atoms with Crippen LogP contribution < -0.4 is 50.9 Å². The van der Waals surface area contributed by atoms with Crippen molar-refractivity contribution in [3.05, 3.63) is 40.5 Å². The fourth-order valence-corrected chi connectivity index (χ4v) is 2.58. The van der Waals surface area contributed by atoms with Gasteiger partial charge in [-0.3, -0.25) is 0 Å². The number of allylic oxidation sites excluding steroid dienone is 1. The zero-order valence-electron chi connectivity index (χ0n) is 9.93. The number of halogens is 3. The van der Waals surface area contributed by atoms with Gasteiger partial charge >= 0.3 is 97.9 Å². The predicted octanol–water partition coefficient (Wildman–Crippen LogP) is -5.56. The number of hydrogen-bond donors (Lipinski definition) is 0. The van der Waals surface area contributed by atoms with Gasteiger partial charge in [-0.25, -0.2) is 0 Å². The third-order valence-electron chi connectivity index (χ3n) is 2.94. The third kappa shape index (κ3) is 4.31. The van der Waals surface area contributed by atoms with E-state index in [-0.39, 0.29) is 50.9 Å². The summed E-state index contributed by atoms with van der Waals surface area (Å²) in [6.45, 7) is 4.47. The maximum Gasteiger partial charge on any atom is -1.00 e. The normalized spacial score (nSPS) is 15.4. The number of aryl methyl sites for hydroxylation is 2. The Balaban J connectivity index is 0. The summed E-state index contributed by atoms with van der Waals surface area (Å²) in [4.78, 5) is 0. The Morgan fingerprint density at radius 2 is 1.71 bits per heavy atom. The van der Waals surface area contributed by atoms with Gasteiger partial charge in [-0.05, 0) is 0 Å². The molecular formula is C13H15Br3Ti. The maximum absolute atomic E-state index is 2.37. The molecule has 0 saturated carbocycles. The smallest absolute Gasteiger partial charge is 1.00 e. The second-order valence-electron chi connectivity index (χ2n) is 3.80. The fourth-order valence-electron chi connectivity index (χ4n) is 2.06. The van der Waals surface area contributed by atoms with Crippen molar-refractivity contribution in [2.75, 3.05) is 0 Å². The first-order valence-electron chi connectivity index (χ1n) is 5.31. The van der Waals surface area contributed by atoms with Crippen LogP contribution in [0, 0.1) is 0 Å². The molecule has 17 heavy (non-hydrogen) atoms. The molecule has 0 radical (unpaired) electrons. The largest absolute Gasteiger partial charge is 1.00 e. The van der Waals surface area contributed by atoms with Gasteiger partial charge < -0.3 is 50.9 Å². The van der Waals surface area contributed by atoms with E-state index in [4.69, 9.17) is 0 Å². The van der Waals surface area contributed by atoms with Crippen LogP contribution in [0.3, 0.4) is 0 Å². The summed E-state index contributed by atoms with van der Waals surface area (Å²) in [7, 11) is 0. The molecule has 1 aromatic rings. The zero-order chi connectivity index (χ0) is 10.1. The molecule has 1 unspecified atom stereocenters. The molecule has 0 heterocycles. The predicted molar refractivity (Wildman–Crippen MR) is 57.0 cm³/mol. The Labute approximate surface area is 147 Å². The molecule has 1 aliphatic carbocycles. The zero-order valence-corrected chi connectivity index (χ0v) is 16.3. The molecular weight excluding hydrogens is 444 g/mol. The van der Waals surface area contributed by atoms with E-state index in [0.717, 1.165) is 12.8 Å². The van der Waals surface area contributed by atoms with Crippen LogP contribution in [-0.4, -0.2) is 0 Å². The monoisotopic (exact) mass is 456 g/mol. The molecule has 2 rings (SSSR count). The number of hydrogen-bond acceptors (Lipinski definition) is 0. The topological polar surface area (TPSA) is 0 Å². The Hall–Kier alpha value is 1.11. The molecule has 0 amide bonds. The molecule has 0 N–H and O–H groups in total. The van der Waals surface area contributed by atoms with Crippen LogP contribution in [0.2, 0.25) is 0 Å². The fraction of sp³-hybridized carbons (Fsp3) is 0.385. The van der Waals surface area contributed by atoms with Crippen molar-refractivity contribution >= 4 is 6.08 Å². The minimum atomic E-state index is 0. The van der Waals surface area contributed by atoms with Gasteiger partial charge in [0.25, 0.3) is 0 Å². The van der Waals surface area contributed by atoms with Crippen LogP contribution >= 0.6 is 0 Å². The van der Waals surface area contributed by atoms with Crippen molar-refractivity contribution in [1.82, 2.24) is 0 Å². The first kappa shape index (κ1) is 20.4. The Bertz CT molecular complexity index is 388. The molecule has 1 aliphatic rings. The van der Waals surface area contributed by atoms with Crippen LogP contribution in [0.4, 0.5) is 0 Å². The first-order valence-corrected chi connectivity index (χ1v) is 6.21. The van der Waals surface area contributed by atoms with Crippen LogP contribution in [0.1, 0.15) is 40.3 Å². The molecule has 0 nitrogen and oxygen atoms in total. The molecule has 92 valence electrons. The Morgan fingerprint density at radius 1 is 1.06 bits per heavy atom. The summed E-state index contributed by atoms with van der Waals surface area (Å²) in [5.74, 6) is 0. The molecule has 0 bridgehead atoms. The van der Waals surface area contributed by atoms with Crippen molar-refractivity contribution in [2.45, 2.75) is 30.9 Å². The van der Waals surface area contributed by atoms with Crippen LogP contribution in [0.15, 0.2) is 18.2 Å². The first-order chi connectivity index (χ1) is 6.76. The van der Waals surface area contributed by atoms with Crippen LogP contribution in [0.25, 0.3) is 6.08 Å². The number of rotatable bonds is 2. The van der Waals surface area contributed by atoms with Gasteiger partial charge in [0, 0.05) is 0 Å². The second-order valence-corrected chi connectivity index (χ2v) is 4.77. The van der Waals surface area contributed by atoms with E-state index >= 15 is 0 Å². The molecule has 4 heteroatoms. The van der Waals surface area contributed by atoms with Gasteiger partial charge in [-0.1, -0.05) is 0 Å². The van der Waals surface area contributed by atoms with E-state index in [0.29, 0.717) is 4.22 Å². The summed E-state index contributed by atoms with van der Waals surface area (Å²) in [5, 5.41) is 0. The van der Waals surface area contributed by atoms with E-state index in [1.54, 1.807) is 0 Å². The number of benzene rings is 1. The van der Waals surface area contributed by atoms with Gasteiger partial charge in [-0.2, -0.15) is 0 Å². The third-order valence-corrected chi connectivity index (χ3v) is 3.72. The summed E-state index contributed by atoms with van der Waals surface area (Å²) in [5.41, 5.74) is 6.01. The van der Waals surface area contributed by atoms with E-state index in [9.17, 15) is 0 Å². The van der Waals surface area contributed by atoms with E-state index < -0.39 is 0 Å². The van der Waals surface area contributed by atoms with Crippen molar-refractivity contribution in [1.29, 1.82) is 0 Å². The van der Waals surface area contributed by atoms with E-state index in [1.165, 1.54) is 22.3 Å². The van der Waals surface area contributed by atoms with Crippen molar-refractivity contribution in [3.63, 3.8) is 0 Å². The summed E-state index contributed by atoms with van der Waals surface area (Å²) >= 11 is 2.28. The summed E-state index contributed by atoms with van der Waals surface area (Å²) in [6, 6.07) is 4.74. The van der Waals surface area contributed by atoms with Gasteiger partial charge in [0.05, 0.1) is 0 Å². The van der Waals surface area contributed by atoms with Gasteiger partial charge in [0.15, 0.2) is 0 Å². The summed E-state index contributed by atoms with van der Waals surface area (Å²) < 4.78 is 0.613. The minimum absolute atomic E-state index is 0. The Kier molecular flexibility index (Phi) is 10.9. The molecule has 0 aromatic heterocycles. The Morgan fingerprint density at radius 3 is 2.24 bits per heavy atom. The van der Waals surface area contributed by atoms with Gasteiger partial charge in [0.2, 0.25) is 0 Å². The average Bonchev–Trinajstić information content (AvgIpc) is 2.59. The van der Waals surface area contributed by atoms with Crippen LogP contribution in [0.5, 0.6) is 0 Å². The number of fused-ring (bicyclic) bond motifs is 1. The van der Waals surface area contributed by atoms with Crippen molar-refractivity contribution in [3.8, 4) is 0 Å². The molecule has 0 saturated heterocycles. The van der Waals surface area contributed by atoms with E-state index in [1.807, 2.05) is 0 Å². The van der Waals surface area contributed by atoms with Gasteiger partial charge in [-0.15, -0.1) is 0 Å². The summed E-state index contributed by atoms with van der Waals surface area (Å²) in [6.07, 6.45) is 6.89. The van der Waals surface area contributed by atoms with Gasteiger partial charge in [0.1, 0.15) is 0 Å². The SMILES string of the molecule is CCc1cc(CC)c2c(c1)[CH]([Ti+3])C=C2.[Br-].[Br-].[Br-].